The fourth-order valence-corrected chi connectivity index (χ4v) is 5.54. The Bertz CT molecular complexity index is 602. The molecule has 0 aromatic heterocycles. The zero-order valence-electron chi connectivity index (χ0n) is 11.7. The first kappa shape index (κ1) is 17.4. The van der Waals surface area contributed by atoms with Crippen LogP contribution in [-0.4, -0.2) is 33.0 Å². The standard InChI is InChI=1S/C13H18Cl2N2O2S2/c1-16-7-9-5-10(14)6-12(13(9)15)21(18,19)17-8-11-3-2-4-20-11/h5-6,11,16-17H,2-4,7-8H2,1H3. The average Bonchev–Trinajstić information content (AvgIpc) is 2.94. The first-order chi connectivity index (χ1) is 9.94. The van der Waals surface area contributed by atoms with Crippen molar-refractivity contribution in [2.75, 3.05) is 19.3 Å². The number of benzene rings is 1. The van der Waals surface area contributed by atoms with Crippen LogP contribution in [0.2, 0.25) is 10.0 Å². The van der Waals surface area contributed by atoms with Crippen molar-refractivity contribution in [3.63, 3.8) is 0 Å². The summed E-state index contributed by atoms with van der Waals surface area (Å²) in [6.07, 6.45) is 2.18. The minimum atomic E-state index is -3.65. The molecule has 1 aliphatic rings. The van der Waals surface area contributed by atoms with Crippen LogP contribution in [0.4, 0.5) is 0 Å². The fourth-order valence-electron chi connectivity index (χ4n) is 2.22. The second-order valence-corrected chi connectivity index (χ2v) is 8.85. The highest BCUT2D eigenvalue weighted by molar-refractivity contribution is 8.00. The van der Waals surface area contributed by atoms with Gasteiger partial charge in [0.05, 0.1) is 5.02 Å². The van der Waals surface area contributed by atoms with E-state index >= 15 is 0 Å². The van der Waals surface area contributed by atoms with Crippen molar-refractivity contribution in [3.8, 4) is 0 Å². The van der Waals surface area contributed by atoms with Crippen LogP contribution >= 0.6 is 35.0 Å². The highest BCUT2D eigenvalue weighted by Gasteiger charge is 2.23. The van der Waals surface area contributed by atoms with Gasteiger partial charge in [0, 0.05) is 23.4 Å². The molecule has 0 spiro atoms. The Morgan fingerprint density at radius 1 is 1.38 bits per heavy atom. The molecule has 1 aromatic rings. The van der Waals surface area contributed by atoms with Crippen LogP contribution in [0.1, 0.15) is 18.4 Å². The minimum absolute atomic E-state index is 0.0462. The third-order valence-corrected chi connectivity index (χ3v) is 6.88. The molecule has 0 saturated carbocycles. The second-order valence-electron chi connectivity index (χ2n) is 4.89. The summed E-state index contributed by atoms with van der Waals surface area (Å²) in [6.45, 7) is 0.887. The van der Waals surface area contributed by atoms with Gasteiger partial charge < -0.3 is 5.32 Å². The maximum atomic E-state index is 12.4. The summed E-state index contributed by atoms with van der Waals surface area (Å²) < 4.78 is 27.5. The lowest BCUT2D eigenvalue weighted by atomic mass is 10.2. The Morgan fingerprint density at radius 3 is 2.76 bits per heavy atom. The van der Waals surface area contributed by atoms with Gasteiger partial charge in [0.15, 0.2) is 0 Å². The molecule has 0 aliphatic carbocycles. The average molecular weight is 369 g/mol. The van der Waals surface area contributed by atoms with Crippen LogP contribution in [0.25, 0.3) is 0 Å². The topological polar surface area (TPSA) is 58.2 Å². The quantitative estimate of drug-likeness (QED) is 0.810. The first-order valence-corrected chi connectivity index (χ1v) is 9.96. The van der Waals surface area contributed by atoms with Crippen molar-refractivity contribution in [2.45, 2.75) is 29.5 Å². The van der Waals surface area contributed by atoms with Crippen LogP contribution in [0.5, 0.6) is 0 Å². The van der Waals surface area contributed by atoms with Crippen molar-refractivity contribution in [3.05, 3.63) is 27.7 Å². The molecular weight excluding hydrogens is 351 g/mol. The van der Waals surface area contributed by atoms with Gasteiger partial charge in [0.1, 0.15) is 4.90 Å². The zero-order chi connectivity index (χ0) is 15.5. The van der Waals surface area contributed by atoms with Crippen LogP contribution in [0.15, 0.2) is 17.0 Å². The van der Waals surface area contributed by atoms with Crippen molar-refractivity contribution in [2.24, 2.45) is 0 Å². The van der Waals surface area contributed by atoms with Gasteiger partial charge in [0.25, 0.3) is 0 Å². The lowest BCUT2D eigenvalue weighted by Gasteiger charge is -2.14. The summed E-state index contributed by atoms with van der Waals surface area (Å²) in [5.41, 5.74) is 0.669. The van der Waals surface area contributed by atoms with Gasteiger partial charge in [-0.3, -0.25) is 0 Å². The van der Waals surface area contributed by atoms with E-state index in [4.69, 9.17) is 23.2 Å². The van der Waals surface area contributed by atoms with Gasteiger partial charge in [-0.2, -0.15) is 11.8 Å². The van der Waals surface area contributed by atoms with E-state index in [-0.39, 0.29) is 9.92 Å². The molecule has 1 saturated heterocycles. The molecule has 2 N–H and O–H groups in total. The molecule has 1 aliphatic heterocycles. The summed E-state index contributed by atoms with van der Waals surface area (Å²) in [5, 5.41) is 3.87. The Balaban J connectivity index is 2.21. The summed E-state index contributed by atoms with van der Waals surface area (Å²) in [7, 11) is -1.88. The summed E-state index contributed by atoms with van der Waals surface area (Å²) in [4.78, 5) is 0.0462. The fraction of sp³-hybridized carbons (Fsp3) is 0.538. The van der Waals surface area contributed by atoms with Gasteiger partial charge in [-0.1, -0.05) is 23.2 Å². The van der Waals surface area contributed by atoms with Crippen molar-refractivity contribution in [1.82, 2.24) is 10.0 Å². The molecule has 0 bridgehead atoms. The van der Waals surface area contributed by atoms with E-state index in [0.29, 0.717) is 28.9 Å². The Hall–Kier alpha value is 0.0200. The van der Waals surface area contributed by atoms with Gasteiger partial charge in [-0.05, 0) is 43.3 Å². The van der Waals surface area contributed by atoms with E-state index in [0.717, 1.165) is 18.6 Å². The monoisotopic (exact) mass is 368 g/mol. The van der Waals surface area contributed by atoms with Gasteiger partial charge in [0.2, 0.25) is 10.0 Å². The van der Waals surface area contributed by atoms with Crippen molar-refractivity contribution < 1.29 is 8.42 Å². The molecule has 8 heteroatoms. The molecule has 2 rings (SSSR count). The maximum Gasteiger partial charge on any atom is 0.242 e. The Labute approximate surface area is 140 Å². The predicted molar refractivity (Wildman–Crippen MR) is 89.9 cm³/mol. The van der Waals surface area contributed by atoms with Crippen LogP contribution < -0.4 is 10.0 Å². The molecule has 1 atom stereocenters. The molecule has 4 nitrogen and oxygen atoms in total. The SMILES string of the molecule is CNCc1cc(Cl)cc(S(=O)(=O)NCC2CCCS2)c1Cl. The molecule has 1 unspecified atom stereocenters. The van der Waals surface area contributed by atoms with E-state index in [1.54, 1.807) is 24.9 Å². The van der Waals surface area contributed by atoms with E-state index in [2.05, 4.69) is 10.0 Å². The molecule has 1 heterocycles. The number of halogens is 2. The molecule has 118 valence electrons. The second kappa shape index (κ2) is 7.53. The lowest BCUT2D eigenvalue weighted by Crippen LogP contribution is -2.30. The smallest absolute Gasteiger partial charge is 0.242 e. The van der Waals surface area contributed by atoms with Gasteiger partial charge in [-0.15, -0.1) is 0 Å². The Kier molecular flexibility index (Phi) is 6.23. The summed E-state index contributed by atoms with van der Waals surface area (Å²) in [6, 6.07) is 3.07. The van der Waals surface area contributed by atoms with Gasteiger partial charge >= 0.3 is 0 Å². The maximum absolute atomic E-state index is 12.4. The third-order valence-electron chi connectivity index (χ3n) is 3.26. The largest absolute Gasteiger partial charge is 0.316 e. The Morgan fingerprint density at radius 2 is 2.14 bits per heavy atom. The number of nitrogens with one attached hydrogen (secondary N) is 2. The molecule has 1 aromatic carbocycles. The third kappa shape index (κ3) is 4.50. The van der Waals surface area contributed by atoms with Crippen LogP contribution in [0.3, 0.4) is 0 Å². The van der Waals surface area contributed by atoms with Crippen molar-refractivity contribution >= 4 is 45.0 Å². The highest BCUT2D eigenvalue weighted by atomic mass is 35.5. The van der Waals surface area contributed by atoms with Crippen LogP contribution in [0, 0.1) is 0 Å². The first-order valence-electron chi connectivity index (χ1n) is 6.68. The van der Waals surface area contributed by atoms with E-state index < -0.39 is 10.0 Å². The summed E-state index contributed by atoms with van der Waals surface area (Å²) in [5.74, 6) is 1.09. The van der Waals surface area contributed by atoms with Gasteiger partial charge in [-0.25, -0.2) is 13.1 Å². The van der Waals surface area contributed by atoms with Crippen molar-refractivity contribution in [1.29, 1.82) is 0 Å². The van der Waals surface area contributed by atoms with E-state index in [1.165, 1.54) is 6.07 Å². The number of rotatable bonds is 6. The van der Waals surface area contributed by atoms with Crippen LogP contribution in [-0.2, 0) is 16.6 Å². The molecule has 21 heavy (non-hydrogen) atoms. The lowest BCUT2D eigenvalue weighted by molar-refractivity contribution is 0.579. The number of hydrogen-bond donors (Lipinski definition) is 2. The number of hydrogen-bond acceptors (Lipinski definition) is 4. The normalized spacial score (nSPS) is 19.1. The minimum Gasteiger partial charge on any atom is -0.316 e. The number of thioether (sulfide) groups is 1. The zero-order valence-corrected chi connectivity index (χ0v) is 14.8. The highest BCUT2D eigenvalue weighted by Crippen LogP contribution is 2.30. The predicted octanol–water partition coefficient (Wildman–Crippen LogP) is 2.89. The molecule has 1 fully saturated rings. The summed E-state index contributed by atoms with van der Waals surface area (Å²) >= 11 is 14.0. The van der Waals surface area contributed by atoms with E-state index in [1.807, 2.05) is 0 Å². The number of sulfonamides is 1. The van der Waals surface area contributed by atoms with E-state index in [9.17, 15) is 8.42 Å². The molecular formula is C13H18Cl2N2O2S2. The molecule has 0 amide bonds. The molecule has 0 radical (unpaired) electrons.